The first-order valence-electron chi connectivity index (χ1n) is 6.16. The van der Waals surface area contributed by atoms with Gasteiger partial charge in [-0.05, 0) is 31.4 Å². The first kappa shape index (κ1) is 14.2. The van der Waals surface area contributed by atoms with Crippen LogP contribution in [0.4, 0.5) is 0 Å². The van der Waals surface area contributed by atoms with E-state index in [1.54, 1.807) is 0 Å². The maximum Gasteiger partial charge on any atom is 0.206 e. The van der Waals surface area contributed by atoms with E-state index >= 15 is 0 Å². The Hall–Kier alpha value is 0.0969. The molecule has 0 spiro atoms. The van der Waals surface area contributed by atoms with Gasteiger partial charge in [-0.25, -0.2) is 0 Å². The summed E-state index contributed by atoms with van der Waals surface area (Å²) in [7, 11) is -0.644. The Morgan fingerprint density at radius 2 is 1.94 bits per heavy atom. The smallest absolute Gasteiger partial charge is 0.206 e. The van der Waals surface area contributed by atoms with Crippen LogP contribution in [0, 0.1) is 5.41 Å². The lowest BCUT2D eigenvalue weighted by Crippen LogP contribution is -2.46. The molecule has 2 unspecified atom stereocenters. The Bertz CT molecular complexity index is 216. The van der Waals surface area contributed by atoms with E-state index in [0.29, 0.717) is 18.8 Å². The van der Waals surface area contributed by atoms with Gasteiger partial charge in [0.15, 0.2) is 0 Å². The van der Waals surface area contributed by atoms with Gasteiger partial charge in [0.2, 0.25) is 9.04 Å². The first-order chi connectivity index (χ1) is 7.36. The zero-order valence-electron chi connectivity index (χ0n) is 11.3. The van der Waals surface area contributed by atoms with Crippen molar-refractivity contribution in [2.45, 2.75) is 58.8 Å². The molecule has 1 heterocycles. The van der Waals surface area contributed by atoms with Gasteiger partial charge in [-0.15, -0.1) is 0 Å². The Balaban J connectivity index is 2.63. The molecule has 1 N–H and O–H groups in total. The van der Waals surface area contributed by atoms with Gasteiger partial charge in [-0.3, -0.25) is 4.90 Å². The van der Waals surface area contributed by atoms with E-state index in [1.165, 1.54) is 6.42 Å². The van der Waals surface area contributed by atoms with Gasteiger partial charge in [0, 0.05) is 12.1 Å². The lowest BCUT2D eigenvalue weighted by molar-refractivity contribution is 0.0170. The van der Waals surface area contributed by atoms with Crippen LogP contribution in [-0.2, 0) is 4.43 Å². The van der Waals surface area contributed by atoms with Gasteiger partial charge < -0.3 is 9.53 Å². The molecule has 0 aromatic heterocycles. The fourth-order valence-electron chi connectivity index (χ4n) is 2.46. The van der Waals surface area contributed by atoms with Crippen LogP contribution in [0.5, 0.6) is 0 Å². The average Bonchev–Trinajstić information content (AvgIpc) is 2.56. The molecule has 16 heavy (non-hydrogen) atoms. The molecule has 95 valence electrons. The standard InChI is InChI=1S/C12H26NO2Si/c1-12(2,3)11-7-6-10(8-14)13(11)9-15-16(4)5/h10-11,14H,6-9H2,1-5H3. The number of aliphatic hydroxyl groups excluding tert-OH is 1. The van der Waals surface area contributed by atoms with Gasteiger partial charge in [-0.1, -0.05) is 20.8 Å². The van der Waals surface area contributed by atoms with Crippen molar-refractivity contribution in [3.63, 3.8) is 0 Å². The summed E-state index contributed by atoms with van der Waals surface area (Å²) in [5, 5.41) is 9.40. The number of likely N-dealkylation sites (tertiary alicyclic amines) is 1. The highest BCUT2D eigenvalue weighted by molar-refractivity contribution is 6.48. The van der Waals surface area contributed by atoms with Gasteiger partial charge in [0.05, 0.1) is 13.3 Å². The molecule has 0 aromatic rings. The van der Waals surface area contributed by atoms with Crippen molar-refractivity contribution in [2.24, 2.45) is 5.41 Å². The lowest BCUT2D eigenvalue weighted by Gasteiger charge is -2.37. The van der Waals surface area contributed by atoms with E-state index in [1.807, 2.05) is 0 Å². The summed E-state index contributed by atoms with van der Waals surface area (Å²) >= 11 is 0. The topological polar surface area (TPSA) is 32.7 Å². The second-order valence-corrected chi connectivity index (χ2v) is 8.10. The number of rotatable bonds is 4. The van der Waals surface area contributed by atoms with Crippen LogP contribution in [0.3, 0.4) is 0 Å². The van der Waals surface area contributed by atoms with Crippen LogP contribution in [0.2, 0.25) is 13.1 Å². The van der Waals surface area contributed by atoms with Gasteiger partial charge >= 0.3 is 0 Å². The first-order valence-corrected chi connectivity index (χ1v) is 8.56. The zero-order valence-corrected chi connectivity index (χ0v) is 12.3. The van der Waals surface area contributed by atoms with Crippen molar-refractivity contribution in [1.29, 1.82) is 0 Å². The maximum atomic E-state index is 9.40. The van der Waals surface area contributed by atoms with Crippen LogP contribution in [0.1, 0.15) is 33.6 Å². The van der Waals surface area contributed by atoms with Gasteiger partial charge in [0.1, 0.15) is 0 Å². The van der Waals surface area contributed by atoms with E-state index in [2.05, 4.69) is 38.8 Å². The second-order valence-electron chi connectivity index (χ2n) is 5.99. The van der Waals surface area contributed by atoms with E-state index in [0.717, 1.165) is 6.42 Å². The molecular formula is C12H26NO2Si. The van der Waals surface area contributed by atoms with E-state index in [4.69, 9.17) is 4.43 Å². The second kappa shape index (κ2) is 5.62. The monoisotopic (exact) mass is 244 g/mol. The molecule has 1 saturated heterocycles. The lowest BCUT2D eigenvalue weighted by atomic mass is 9.85. The Morgan fingerprint density at radius 1 is 1.31 bits per heavy atom. The van der Waals surface area contributed by atoms with Crippen LogP contribution in [-0.4, -0.2) is 44.5 Å². The zero-order chi connectivity index (χ0) is 12.3. The average molecular weight is 244 g/mol. The van der Waals surface area contributed by atoms with E-state index < -0.39 is 9.04 Å². The van der Waals surface area contributed by atoms with Crippen LogP contribution < -0.4 is 0 Å². The van der Waals surface area contributed by atoms with Gasteiger partial charge in [0.25, 0.3) is 0 Å². The molecule has 2 atom stereocenters. The predicted octanol–water partition coefficient (Wildman–Crippen LogP) is 2.08. The summed E-state index contributed by atoms with van der Waals surface area (Å²) in [5.74, 6) is 0. The molecule has 1 aliphatic heterocycles. The Morgan fingerprint density at radius 3 is 2.38 bits per heavy atom. The summed E-state index contributed by atoms with van der Waals surface area (Å²) in [6, 6.07) is 0.830. The minimum absolute atomic E-state index is 0.255. The molecule has 4 heteroatoms. The Labute approximate surface area is 102 Å². The highest BCUT2D eigenvalue weighted by atomic mass is 28.3. The maximum absolute atomic E-state index is 9.40. The molecule has 0 amide bonds. The molecular weight excluding hydrogens is 218 g/mol. The van der Waals surface area contributed by atoms with Gasteiger partial charge in [-0.2, -0.15) is 0 Å². The van der Waals surface area contributed by atoms with Crippen molar-refractivity contribution in [2.75, 3.05) is 13.3 Å². The molecule has 1 radical (unpaired) electrons. The van der Waals surface area contributed by atoms with Crippen molar-refractivity contribution >= 4 is 9.04 Å². The summed E-state index contributed by atoms with van der Waals surface area (Å²) in [5.41, 5.74) is 0.266. The third kappa shape index (κ3) is 3.55. The normalized spacial score (nSPS) is 27.9. The predicted molar refractivity (Wildman–Crippen MR) is 68.6 cm³/mol. The number of nitrogens with zero attached hydrogens (tertiary/aromatic N) is 1. The number of hydrogen-bond acceptors (Lipinski definition) is 3. The Kier molecular flexibility index (Phi) is 4.98. The largest absolute Gasteiger partial charge is 0.404 e. The van der Waals surface area contributed by atoms with Crippen LogP contribution in [0.25, 0.3) is 0 Å². The van der Waals surface area contributed by atoms with Crippen LogP contribution >= 0.6 is 0 Å². The quantitative estimate of drug-likeness (QED) is 0.769. The summed E-state index contributed by atoms with van der Waals surface area (Å²) in [6.07, 6.45) is 2.27. The van der Waals surface area contributed by atoms with Crippen LogP contribution in [0.15, 0.2) is 0 Å². The van der Waals surface area contributed by atoms with Crippen molar-refractivity contribution in [1.82, 2.24) is 4.90 Å². The summed E-state index contributed by atoms with van der Waals surface area (Å²) in [4.78, 5) is 2.36. The fraction of sp³-hybridized carbons (Fsp3) is 1.00. The fourth-order valence-corrected chi connectivity index (χ4v) is 2.87. The third-order valence-corrected chi connectivity index (χ3v) is 4.06. The molecule has 1 fully saturated rings. The number of aliphatic hydroxyl groups is 1. The van der Waals surface area contributed by atoms with Crippen molar-refractivity contribution in [3.05, 3.63) is 0 Å². The minimum Gasteiger partial charge on any atom is -0.404 e. The molecule has 0 saturated carbocycles. The molecule has 0 bridgehead atoms. The summed E-state index contributed by atoms with van der Waals surface area (Å²) < 4.78 is 5.80. The van der Waals surface area contributed by atoms with Crippen molar-refractivity contribution < 1.29 is 9.53 Å². The minimum atomic E-state index is -0.644. The molecule has 1 rings (SSSR count). The SMILES string of the molecule is C[Si](C)OCN1C(CO)CCC1C(C)(C)C. The van der Waals surface area contributed by atoms with Crippen molar-refractivity contribution in [3.8, 4) is 0 Å². The summed E-state index contributed by atoms with van der Waals surface area (Å²) in [6.45, 7) is 12.1. The molecule has 3 nitrogen and oxygen atoms in total. The highest BCUT2D eigenvalue weighted by Gasteiger charge is 2.39. The third-order valence-electron chi connectivity index (χ3n) is 3.36. The molecule has 0 aromatic carbocycles. The number of hydrogen-bond donors (Lipinski definition) is 1. The highest BCUT2D eigenvalue weighted by Crippen LogP contribution is 2.35. The molecule has 1 aliphatic rings. The van der Waals surface area contributed by atoms with E-state index in [-0.39, 0.29) is 12.0 Å². The molecule has 0 aliphatic carbocycles. The van der Waals surface area contributed by atoms with E-state index in [9.17, 15) is 5.11 Å².